The van der Waals surface area contributed by atoms with Crippen molar-refractivity contribution in [1.82, 2.24) is 4.98 Å². The van der Waals surface area contributed by atoms with E-state index in [9.17, 15) is 0 Å². The van der Waals surface area contributed by atoms with Gasteiger partial charge < -0.3 is 5.73 Å². The number of hydrogen-bond acceptors (Lipinski definition) is 2. The van der Waals surface area contributed by atoms with Gasteiger partial charge in [0.2, 0.25) is 0 Å². The largest absolute Gasteiger partial charge is 0.329 e. The van der Waals surface area contributed by atoms with Crippen LogP contribution in [0.15, 0.2) is 48.7 Å². The van der Waals surface area contributed by atoms with Gasteiger partial charge in [-0.2, -0.15) is 0 Å². The lowest BCUT2D eigenvalue weighted by atomic mass is 9.77. The molecule has 0 radical (unpaired) electrons. The molecule has 17 heavy (non-hydrogen) atoms. The van der Waals surface area contributed by atoms with Crippen LogP contribution in [-0.2, 0) is 5.41 Å². The smallest absolute Gasteiger partial charge is 0.0519 e. The molecule has 88 valence electrons. The van der Waals surface area contributed by atoms with Gasteiger partial charge in [0, 0.05) is 18.2 Å². The van der Waals surface area contributed by atoms with Crippen molar-refractivity contribution in [2.24, 2.45) is 5.73 Å². The Bertz CT molecular complexity index is 493. The highest BCUT2D eigenvalue weighted by Crippen LogP contribution is 2.31. The van der Waals surface area contributed by atoms with Gasteiger partial charge in [0.25, 0.3) is 0 Å². The van der Waals surface area contributed by atoms with Crippen molar-refractivity contribution in [2.75, 3.05) is 6.54 Å². The quantitative estimate of drug-likeness (QED) is 0.873. The molecular weight excluding hydrogens is 208 g/mol. The Morgan fingerprint density at radius 1 is 1.12 bits per heavy atom. The maximum atomic E-state index is 6.00. The van der Waals surface area contributed by atoms with E-state index in [0.29, 0.717) is 6.54 Å². The predicted octanol–water partition coefficient (Wildman–Crippen LogP) is 2.65. The number of aryl methyl sites for hydroxylation is 1. The van der Waals surface area contributed by atoms with E-state index in [1.54, 1.807) is 0 Å². The highest BCUT2D eigenvalue weighted by molar-refractivity contribution is 5.40. The van der Waals surface area contributed by atoms with Crippen LogP contribution in [0.4, 0.5) is 0 Å². The Labute approximate surface area is 103 Å². The highest BCUT2D eigenvalue weighted by atomic mass is 14.7. The first-order valence-corrected chi connectivity index (χ1v) is 5.86. The fourth-order valence-electron chi connectivity index (χ4n) is 2.23. The number of aromatic nitrogens is 1. The number of nitrogens with two attached hydrogens (primary N) is 1. The summed E-state index contributed by atoms with van der Waals surface area (Å²) in [6.07, 6.45) is 1.82. The van der Waals surface area contributed by atoms with Gasteiger partial charge in [-0.25, -0.2) is 0 Å². The van der Waals surface area contributed by atoms with Crippen LogP contribution in [0.5, 0.6) is 0 Å². The summed E-state index contributed by atoms with van der Waals surface area (Å²) in [5, 5.41) is 0. The molecule has 0 unspecified atom stereocenters. The second-order valence-corrected chi connectivity index (χ2v) is 4.57. The summed E-state index contributed by atoms with van der Waals surface area (Å²) in [6.45, 7) is 4.82. The van der Waals surface area contributed by atoms with Crippen LogP contribution < -0.4 is 5.73 Å². The molecule has 2 nitrogen and oxygen atoms in total. The fraction of sp³-hybridized carbons (Fsp3) is 0.267. The van der Waals surface area contributed by atoms with Crippen LogP contribution in [-0.4, -0.2) is 11.5 Å². The summed E-state index contributed by atoms with van der Waals surface area (Å²) in [6, 6.07) is 14.3. The van der Waals surface area contributed by atoms with E-state index in [2.05, 4.69) is 37.0 Å². The maximum absolute atomic E-state index is 6.00. The third-order valence-corrected chi connectivity index (χ3v) is 3.38. The zero-order chi connectivity index (χ0) is 12.3. The van der Waals surface area contributed by atoms with Gasteiger partial charge in [0.1, 0.15) is 0 Å². The molecule has 1 atom stereocenters. The Hall–Kier alpha value is -1.67. The number of hydrogen-bond donors (Lipinski definition) is 1. The summed E-state index contributed by atoms with van der Waals surface area (Å²) in [7, 11) is 0. The van der Waals surface area contributed by atoms with E-state index in [-0.39, 0.29) is 5.41 Å². The lowest BCUT2D eigenvalue weighted by Gasteiger charge is -2.29. The van der Waals surface area contributed by atoms with E-state index in [0.717, 1.165) is 5.69 Å². The topological polar surface area (TPSA) is 38.9 Å². The molecule has 0 amide bonds. The average molecular weight is 226 g/mol. The molecule has 1 aromatic heterocycles. The Morgan fingerprint density at radius 3 is 2.41 bits per heavy atom. The first-order chi connectivity index (χ1) is 8.18. The molecule has 0 aliphatic heterocycles. The zero-order valence-corrected chi connectivity index (χ0v) is 10.4. The monoisotopic (exact) mass is 226 g/mol. The fourth-order valence-corrected chi connectivity index (χ4v) is 2.23. The molecule has 0 saturated heterocycles. The molecule has 2 heteroatoms. The summed E-state index contributed by atoms with van der Waals surface area (Å²) in [5.74, 6) is 0. The second-order valence-electron chi connectivity index (χ2n) is 4.57. The Morgan fingerprint density at radius 2 is 1.82 bits per heavy atom. The highest BCUT2D eigenvalue weighted by Gasteiger charge is 2.29. The van der Waals surface area contributed by atoms with Crippen LogP contribution >= 0.6 is 0 Å². The molecular formula is C15H18N2. The summed E-state index contributed by atoms with van der Waals surface area (Å²) in [4.78, 5) is 4.46. The molecule has 0 bridgehead atoms. The molecule has 1 aromatic carbocycles. The van der Waals surface area contributed by atoms with Gasteiger partial charge in [0.15, 0.2) is 0 Å². The number of benzene rings is 1. The van der Waals surface area contributed by atoms with Crippen molar-refractivity contribution in [2.45, 2.75) is 19.3 Å². The van der Waals surface area contributed by atoms with Crippen molar-refractivity contribution >= 4 is 0 Å². The molecule has 0 fully saturated rings. The van der Waals surface area contributed by atoms with Crippen molar-refractivity contribution < 1.29 is 0 Å². The van der Waals surface area contributed by atoms with Crippen molar-refractivity contribution in [3.05, 3.63) is 65.5 Å². The number of rotatable bonds is 3. The normalized spacial score (nSPS) is 14.3. The number of nitrogens with zero attached hydrogens (tertiary/aromatic N) is 1. The van der Waals surface area contributed by atoms with Gasteiger partial charge in [-0.3, -0.25) is 4.98 Å². The van der Waals surface area contributed by atoms with Gasteiger partial charge in [-0.1, -0.05) is 30.3 Å². The molecule has 0 saturated carbocycles. The van der Waals surface area contributed by atoms with Crippen LogP contribution in [0.2, 0.25) is 0 Å². The molecule has 0 aliphatic carbocycles. The van der Waals surface area contributed by atoms with Crippen LogP contribution in [0.25, 0.3) is 0 Å². The van der Waals surface area contributed by atoms with Gasteiger partial charge >= 0.3 is 0 Å². The summed E-state index contributed by atoms with van der Waals surface area (Å²) in [5.41, 5.74) is 9.32. The second kappa shape index (κ2) is 4.68. The van der Waals surface area contributed by atoms with Crippen LogP contribution in [0.1, 0.15) is 23.7 Å². The van der Waals surface area contributed by atoms with Gasteiger partial charge in [0.05, 0.1) is 5.69 Å². The maximum Gasteiger partial charge on any atom is 0.0519 e. The van der Waals surface area contributed by atoms with Gasteiger partial charge in [-0.05, 0) is 37.1 Å². The van der Waals surface area contributed by atoms with E-state index < -0.39 is 0 Å². The van der Waals surface area contributed by atoms with Crippen LogP contribution in [0.3, 0.4) is 0 Å². The summed E-state index contributed by atoms with van der Waals surface area (Å²) >= 11 is 0. The molecule has 2 N–H and O–H groups in total. The van der Waals surface area contributed by atoms with E-state index >= 15 is 0 Å². The number of pyridine rings is 1. The van der Waals surface area contributed by atoms with Crippen molar-refractivity contribution in [1.29, 1.82) is 0 Å². The molecule has 2 rings (SSSR count). The molecule has 2 aromatic rings. The molecule has 0 spiro atoms. The zero-order valence-electron chi connectivity index (χ0n) is 10.4. The van der Waals surface area contributed by atoms with E-state index in [1.165, 1.54) is 11.1 Å². The summed E-state index contributed by atoms with van der Waals surface area (Å²) < 4.78 is 0. The first kappa shape index (κ1) is 11.8. The minimum atomic E-state index is -0.216. The third-order valence-electron chi connectivity index (χ3n) is 3.38. The van der Waals surface area contributed by atoms with Gasteiger partial charge in [-0.15, -0.1) is 0 Å². The molecule has 1 heterocycles. The molecule has 0 aliphatic rings. The lowest BCUT2D eigenvalue weighted by molar-refractivity contribution is 0.561. The van der Waals surface area contributed by atoms with E-state index in [1.807, 2.05) is 30.5 Å². The average Bonchev–Trinajstić information content (AvgIpc) is 2.39. The van der Waals surface area contributed by atoms with Crippen molar-refractivity contribution in [3.63, 3.8) is 0 Å². The SMILES string of the molecule is Cc1ccccc1[C@@](C)(CN)c1ccccn1. The third kappa shape index (κ3) is 2.08. The Balaban J connectivity index is 2.56. The minimum Gasteiger partial charge on any atom is -0.329 e. The first-order valence-electron chi connectivity index (χ1n) is 5.86. The lowest BCUT2D eigenvalue weighted by Crippen LogP contribution is -2.34. The van der Waals surface area contributed by atoms with E-state index in [4.69, 9.17) is 5.73 Å². The van der Waals surface area contributed by atoms with Crippen LogP contribution in [0, 0.1) is 6.92 Å². The Kier molecular flexibility index (Phi) is 3.25. The van der Waals surface area contributed by atoms with Crippen molar-refractivity contribution in [3.8, 4) is 0 Å². The minimum absolute atomic E-state index is 0.216. The standard InChI is InChI=1S/C15H18N2/c1-12-7-3-4-8-13(12)15(2,11-16)14-9-5-6-10-17-14/h3-10H,11,16H2,1-2H3/t15-/m1/s1. The predicted molar refractivity (Wildman–Crippen MR) is 70.9 cm³/mol.